The lowest BCUT2D eigenvalue weighted by molar-refractivity contribution is 0.299. The molecule has 0 saturated heterocycles. The molecule has 2 heteroatoms. The average Bonchev–Trinajstić information content (AvgIpc) is 2.53. The molecule has 0 atom stereocenters. The summed E-state index contributed by atoms with van der Waals surface area (Å²) in [4.78, 5) is 4.32. The van der Waals surface area contributed by atoms with E-state index in [9.17, 15) is 0 Å². The smallest absolute Gasteiger partial charge is 0.0471 e. The first-order valence-electron chi connectivity index (χ1n) is 4.48. The van der Waals surface area contributed by atoms with Gasteiger partial charge in [0.2, 0.25) is 0 Å². The van der Waals surface area contributed by atoms with Crippen molar-refractivity contribution in [2.45, 2.75) is 25.7 Å². The molecule has 0 aliphatic heterocycles. The van der Waals surface area contributed by atoms with E-state index in [1.165, 1.54) is 23.2 Å². The van der Waals surface area contributed by atoms with Crippen molar-refractivity contribution in [3.8, 4) is 0 Å². The fourth-order valence-electron chi connectivity index (χ4n) is 1.89. The van der Waals surface area contributed by atoms with Gasteiger partial charge in [0, 0.05) is 18.5 Å². The molecule has 1 N–H and O–H groups in total. The van der Waals surface area contributed by atoms with Crippen LogP contribution in [0.2, 0.25) is 0 Å². The van der Waals surface area contributed by atoms with Gasteiger partial charge in [0.1, 0.15) is 0 Å². The Hall–Kier alpha value is -0.890. The Kier molecular flexibility index (Phi) is 2.09. The van der Waals surface area contributed by atoms with Gasteiger partial charge in [-0.2, -0.15) is 0 Å². The maximum Gasteiger partial charge on any atom is 0.0471 e. The van der Waals surface area contributed by atoms with E-state index in [-0.39, 0.29) is 6.61 Å². The van der Waals surface area contributed by atoms with Crippen LogP contribution in [0.15, 0.2) is 12.3 Å². The van der Waals surface area contributed by atoms with Gasteiger partial charge in [-0.3, -0.25) is 4.98 Å². The van der Waals surface area contributed by atoms with Crippen LogP contribution in [0, 0.1) is 0 Å². The molecular formula is C10H13NO. The maximum atomic E-state index is 8.83. The molecule has 1 heterocycles. The minimum Gasteiger partial charge on any atom is -0.396 e. The lowest BCUT2D eigenvalue weighted by Gasteiger charge is -2.04. The molecule has 0 spiro atoms. The van der Waals surface area contributed by atoms with Crippen LogP contribution in [0.25, 0.3) is 0 Å². The highest BCUT2D eigenvalue weighted by Crippen LogP contribution is 2.23. The van der Waals surface area contributed by atoms with Crippen molar-refractivity contribution in [2.75, 3.05) is 6.61 Å². The van der Waals surface area contributed by atoms with Crippen LogP contribution < -0.4 is 0 Å². The van der Waals surface area contributed by atoms with E-state index in [0.29, 0.717) is 0 Å². The lowest BCUT2D eigenvalue weighted by atomic mass is 10.1. The summed E-state index contributed by atoms with van der Waals surface area (Å²) in [6.07, 6.45) is 6.14. The van der Waals surface area contributed by atoms with Gasteiger partial charge in [-0.1, -0.05) is 0 Å². The molecule has 1 aromatic heterocycles. The Morgan fingerprint density at radius 1 is 1.42 bits per heavy atom. The minimum absolute atomic E-state index is 0.246. The third-order valence-electron chi connectivity index (χ3n) is 2.46. The first kappa shape index (κ1) is 7.74. The van der Waals surface area contributed by atoms with Crippen LogP contribution >= 0.6 is 0 Å². The average molecular weight is 163 g/mol. The van der Waals surface area contributed by atoms with E-state index in [2.05, 4.69) is 4.98 Å². The van der Waals surface area contributed by atoms with Gasteiger partial charge < -0.3 is 5.11 Å². The number of hydrogen-bond acceptors (Lipinski definition) is 2. The van der Waals surface area contributed by atoms with Crippen molar-refractivity contribution in [1.29, 1.82) is 0 Å². The number of aliphatic hydroxyl groups excluding tert-OH is 1. The SMILES string of the molecule is OCCc1ccnc2c1CCC2. The van der Waals surface area contributed by atoms with Gasteiger partial charge in [0.25, 0.3) is 0 Å². The van der Waals surface area contributed by atoms with Gasteiger partial charge >= 0.3 is 0 Å². The second-order valence-corrected chi connectivity index (χ2v) is 3.22. The summed E-state index contributed by atoms with van der Waals surface area (Å²) in [5, 5.41) is 8.83. The Morgan fingerprint density at radius 2 is 2.33 bits per heavy atom. The summed E-state index contributed by atoms with van der Waals surface area (Å²) in [7, 11) is 0. The Bertz CT molecular complexity index is 283. The fraction of sp³-hybridized carbons (Fsp3) is 0.500. The standard InChI is InChI=1S/C10H13NO/c12-7-5-8-4-6-11-10-3-1-2-9(8)10/h4,6,12H,1-3,5,7H2. The lowest BCUT2D eigenvalue weighted by Crippen LogP contribution is -1.98. The van der Waals surface area contributed by atoms with Crippen molar-refractivity contribution < 1.29 is 5.11 Å². The predicted octanol–water partition coefficient (Wildman–Crippen LogP) is 1.11. The van der Waals surface area contributed by atoms with E-state index in [1.54, 1.807) is 0 Å². The van der Waals surface area contributed by atoms with E-state index < -0.39 is 0 Å². The van der Waals surface area contributed by atoms with Crippen LogP contribution in [0.1, 0.15) is 23.2 Å². The molecule has 64 valence electrons. The molecule has 0 aromatic carbocycles. The van der Waals surface area contributed by atoms with Gasteiger partial charge in [-0.25, -0.2) is 0 Å². The van der Waals surface area contributed by atoms with Gasteiger partial charge in [0.15, 0.2) is 0 Å². The number of nitrogens with zero attached hydrogens (tertiary/aromatic N) is 1. The number of pyridine rings is 1. The Morgan fingerprint density at radius 3 is 3.17 bits per heavy atom. The zero-order valence-electron chi connectivity index (χ0n) is 7.08. The maximum absolute atomic E-state index is 8.83. The number of aromatic nitrogens is 1. The largest absolute Gasteiger partial charge is 0.396 e. The number of fused-ring (bicyclic) bond motifs is 1. The monoisotopic (exact) mass is 163 g/mol. The normalized spacial score (nSPS) is 14.8. The second kappa shape index (κ2) is 3.23. The highest BCUT2D eigenvalue weighted by atomic mass is 16.2. The predicted molar refractivity (Wildman–Crippen MR) is 47.1 cm³/mol. The van der Waals surface area contributed by atoms with E-state index in [0.717, 1.165) is 19.3 Å². The van der Waals surface area contributed by atoms with E-state index >= 15 is 0 Å². The first-order chi connectivity index (χ1) is 5.92. The number of aryl methyl sites for hydroxylation is 1. The molecule has 0 bridgehead atoms. The van der Waals surface area contributed by atoms with Crippen molar-refractivity contribution in [2.24, 2.45) is 0 Å². The highest BCUT2D eigenvalue weighted by Gasteiger charge is 2.14. The van der Waals surface area contributed by atoms with Crippen molar-refractivity contribution in [1.82, 2.24) is 4.98 Å². The van der Waals surface area contributed by atoms with Crippen molar-refractivity contribution in [3.05, 3.63) is 29.1 Å². The number of rotatable bonds is 2. The van der Waals surface area contributed by atoms with Crippen LogP contribution in [-0.2, 0) is 19.3 Å². The second-order valence-electron chi connectivity index (χ2n) is 3.22. The quantitative estimate of drug-likeness (QED) is 0.708. The van der Waals surface area contributed by atoms with Gasteiger partial charge in [-0.15, -0.1) is 0 Å². The molecule has 12 heavy (non-hydrogen) atoms. The molecule has 0 radical (unpaired) electrons. The summed E-state index contributed by atoms with van der Waals surface area (Å²) in [6.45, 7) is 0.246. The van der Waals surface area contributed by atoms with Crippen LogP contribution in [0.4, 0.5) is 0 Å². The van der Waals surface area contributed by atoms with E-state index in [4.69, 9.17) is 5.11 Å². The third-order valence-corrected chi connectivity index (χ3v) is 2.46. The number of hydrogen-bond donors (Lipinski definition) is 1. The summed E-state index contributed by atoms with van der Waals surface area (Å²) < 4.78 is 0. The molecule has 1 aromatic rings. The Labute approximate surface area is 72.3 Å². The molecule has 1 aliphatic carbocycles. The van der Waals surface area contributed by atoms with Crippen LogP contribution in [0.5, 0.6) is 0 Å². The Balaban J connectivity index is 2.36. The van der Waals surface area contributed by atoms with Crippen LogP contribution in [-0.4, -0.2) is 16.7 Å². The highest BCUT2D eigenvalue weighted by molar-refractivity contribution is 5.33. The van der Waals surface area contributed by atoms with Gasteiger partial charge in [0.05, 0.1) is 0 Å². The molecular weight excluding hydrogens is 150 g/mol. The molecule has 0 unspecified atom stereocenters. The minimum atomic E-state index is 0.246. The summed E-state index contributed by atoms with van der Waals surface area (Å²) in [5.74, 6) is 0. The van der Waals surface area contributed by atoms with Crippen molar-refractivity contribution >= 4 is 0 Å². The molecule has 1 aliphatic rings. The van der Waals surface area contributed by atoms with Crippen LogP contribution in [0.3, 0.4) is 0 Å². The fourth-order valence-corrected chi connectivity index (χ4v) is 1.89. The zero-order valence-corrected chi connectivity index (χ0v) is 7.08. The van der Waals surface area contributed by atoms with Crippen molar-refractivity contribution in [3.63, 3.8) is 0 Å². The summed E-state index contributed by atoms with van der Waals surface area (Å²) in [5.41, 5.74) is 3.94. The first-order valence-corrected chi connectivity index (χ1v) is 4.48. The molecule has 2 nitrogen and oxygen atoms in total. The number of aliphatic hydroxyl groups is 1. The zero-order chi connectivity index (χ0) is 8.39. The third kappa shape index (κ3) is 1.23. The molecule has 0 fully saturated rings. The topological polar surface area (TPSA) is 33.1 Å². The summed E-state index contributed by atoms with van der Waals surface area (Å²) in [6, 6.07) is 2.03. The van der Waals surface area contributed by atoms with E-state index in [1.807, 2.05) is 12.3 Å². The molecule has 2 rings (SSSR count). The van der Waals surface area contributed by atoms with Gasteiger partial charge in [-0.05, 0) is 42.9 Å². The summed E-state index contributed by atoms with van der Waals surface area (Å²) >= 11 is 0. The molecule has 0 saturated carbocycles. The molecule has 0 amide bonds.